The number of nitrogens with zero attached hydrogens (tertiary/aromatic N) is 4. The van der Waals surface area contributed by atoms with Crippen molar-refractivity contribution in [2.24, 2.45) is 0 Å². The highest BCUT2D eigenvalue weighted by atomic mass is 32.1. The second-order valence-electron chi connectivity index (χ2n) is 8.80. The second kappa shape index (κ2) is 9.03. The molecule has 0 aliphatic carbocycles. The molecule has 1 unspecified atom stereocenters. The van der Waals surface area contributed by atoms with Crippen LogP contribution in [-0.2, 0) is 4.79 Å². The Hall–Kier alpha value is -3.92. The molecule has 35 heavy (non-hydrogen) atoms. The van der Waals surface area contributed by atoms with Gasteiger partial charge in [0.05, 0.1) is 22.4 Å². The van der Waals surface area contributed by atoms with Gasteiger partial charge >= 0.3 is 6.03 Å². The van der Waals surface area contributed by atoms with E-state index in [4.69, 9.17) is 0 Å². The zero-order chi connectivity index (χ0) is 24.7. The minimum absolute atomic E-state index is 0.138. The summed E-state index contributed by atoms with van der Waals surface area (Å²) in [5.74, 6) is -0.421. The number of carbonyl (C=O) groups is 3. The highest BCUT2D eigenvalue weighted by Crippen LogP contribution is 2.46. The first-order valence-corrected chi connectivity index (χ1v) is 12.2. The fourth-order valence-electron chi connectivity index (χ4n) is 4.59. The summed E-state index contributed by atoms with van der Waals surface area (Å²) in [6.45, 7) is 4.63. The molecular formula is C25H26N6O3S. The van der Waals surface area contributed by atoms with Crippen LogP contribution in [-0.4, -0.2) is 61.0 Å². The highest BCUT2D eigenvalue weighted by Gasteiger charge is 2.33. The Kier molecular flexibility index (Phi) is 5.89. The first kappa shape index (κ1) is 22.9. The van der Waals surface area contributed by atoms with Gasteiger partial charge in [0.15, 0.2) is 0 Å². The standard InChI is InChI=1S/C25H26N6O3S/c1-4-19(32)30-12-6-7-15(14-30)27-23(33)22-21-20-18(10-11-26-24(20)35-22)31(25(34)28-21)17-9-5-8-16(13-17)29(2)3/h4-5,8-11,13,15H,1,6-7,12,14H2,2-3H3,(H,27,33)(H,28,34). The maximum Gasteiger partial charge on any atom is 0.331 e. The third-order valence-corrected chi connectivity index (χ3v) is 7.40. The number of nitrogens with one attached hydrogen (secondary N) is 2. The summed E-state index contributed by atoms with van der Waals surface area (Å²) in [6.07, 6.45) is 4.52. The number of urea groups is 1. The number of amides is 4. The minimum atomic E-state index is -0.339. The molecule has 2 N–H and O–H groups in total. The van der Waals surface area contributed by atoms with Crippen LogP contribution in [0, 0.1) is 0 Å². The van der Waals surface area contributed by atoms with Crippen LogP contribution in [0.3, 0.4) is 0 Å². The quantitative estimate of drug-likeness (QED) is 0.528. The van der Waals surface area contributed by atoms with Gasteiger partial charge in [0, 0.05) is 45.1 Å². The Balaban J connectivity index is 1.48. The maximum absolute atomic E-state index is 13.3. The van der Waals surface area contributed by atoms with Crippen LogP contribution >= 0.6 is 11.3 Å². The molecule has 4 amide bonds. The van der Waals surface area contributed by atoms with Crippen LogP contribution in [0.4, 0.5) is 27.5 Å². The van der Waals surface area contributed by atoms with Crippen LogP contribution in [0.2, 0.25) is 0 Å². The fraction of sp³-hybridized carbons (Fsp3) is 0.280. The number of anilines is 4. The lowest BCUT2D eigenvalue weighted by Gasteiger charge is -2.32. The Bertz CT molecular complexity index is 1350. The molecule has 2 aromatic heterocycles. The number of benzene rings is 1. The summed E-state index contributed by atoms with van der Waals surface area (Å²) in [5.41, 5.74) is 2.84. The average molecular weight is 491 g/mol. The van der Waals surface area contributed by atoms with E-state index in [2.05, 4.69) is 22.2 Å². The number of aromatic nitrogens is 1. The van der Waals surface area contributed by atoms with Crippen molar-refractivity contribution >= 4 is 62.1 Å². The van der Waals surface area contributed by atoms with Crippen molar-refractivity contribution in [2.45, 2.75) is 18.9 Å². The molecule has 2 aliphatic rings. The van der Waals surface area contributed by atoms with Gasteiger partial charge in [0.2, 0.25) is 5.91 Å². The average Bonchev–Trinajstić information content (AvgIpc) is 3.23. The second-order valence-corrected chi connectivity index (χ2v) is 9.80. The SMILES string of the molecule is C=CC(=O)N1CCCC(NC(=O)c2sc3nccc4c3c2NC(=O)N4c2cccc(N(C)C)c2)C1. The van der Waals surface area contributed by atoms with E-state index in [1.54, 1.807) is 22.1 Å². The number of likely N-dealkylation sites (tertiary alicyclic amines) is 1. The molecule has 1 saturated heterocycles. The summed E-state index contributed by atoms with van der Waals surface area (Å²) in [6, 6.07) is 8.98. The molecule has 1 fully saturated rings. The molecule has 180 valence electrons. The molecule has 0 radical (unpaired) electrons. The van der Waals surface area contributed by atoms with Crippen LogP contribution in [0.15, 0.2) is 49.2 Å². The summed E-state index contributed by atoms with van der Waals surface area (Å²) in [5, 5.41) is 6.72. The van der Waals surface area contributed by atoms with Gasteiger partial charge in [-0.25, -0.2) is 9.78 Å². The Labute approximate surface area is 207 Å². The van der Waals surface area contributed by atoms with Crippen LogP contribution in [0.5, 0.6) is 0 Å². The van der Waals surface area contributed by atoms with Crippen molar-refractivity contribution in [1.82, 2.24) is 15.2 Å². The van der Waals surface area contributed by atoms with Crippen LogP contribution in [0.1, 0.15) is 22.5 Å². The van der Waals surface area contributed by atoms with E-state index in [1.807, 2.05) is 43.3 Å². The van der Waals surface area contributed by atoms with Gasteiger partial charge in [-0.1, -0.05) is 12.6 Å². The van der Waals surface area contributed by atoms with Crippen molar-refractivity contribution in [3.8, 4) is 0 Å². The topological polar surface area (TPSA) is 97.9 Å². The van der Waals surface area contributed by atoms with Gasteiger partial charge in [-0.15, -0.1) is 11.3 Å². The van der Waals surface area contributed by atoms with Crippen molar-refractivity contribution in [2.75, 3.05) is 42.3 Å². The largest absolute Gasteiger partial charge is 0.378 e. The molecule has 10 heteroatoms. The highest BCUT2D eigenvalue weighted by molar-refractivity contribution is 7.21. The molecule has 4 heterocycles. The lowest BCUT2D eigenvalue weighted by atomic mass is 10.1. The molecule has 0 spiro atoms. The summed E-state index contributed by atoms with van der Waals surface area (Å²) >= 11 is 1.25. The van der Waals surface area contributed by atoms with Crippen molar-refractivity contribution < 1.29 is 14.4 Å². The number of pyridine rings is 1. The van der Waals surface area contributed by atoms with Gasteiger partial charge in [-0.3, -0.25) is 14.5 Å². The molecule has 2 aliphatic heterocycles. The molecule has 5 rings (SSSR count). The lowest BCUT2D eigenvalue weighted by Crippen LogP contribution is -2.49. The Morgan fingerprint density at radius 3 is 2.91 bits per heavy atom. The number of thiophene rings is 1. The third kappa shape index (κ3) is 4.10. The summed E-state index contributed by atoms with van der Waals surface area (Å²) < 4.78 is 0. The monoisotopic (exact) mass is 490 g/mol. The maximum atomic E-state index is 13.3. The van der Waals surface area contributed by atoms with E-state index in [0.29, 0.717) is 34.2 Å². The lowest BCUT2D eigenvalue weighted by molar-refractivity contribution is -0.127. The van der Waals surface area contributed by atoms with Crippen molar-refractivity contribution in [1.29, 1.82) is 0 Å². The first-order valence-electron chi connectivity index (χ1n) is 11.4. The van der Waals surface area contributed by atoms with E-state index >= 15 is 0 Å². The summed E-state index contributed by atoms with van der Waals surface area (Å²) in [4.78, 5) is 49.4. The Morgan fingerprint density at radius 2 is 2.14 bits per heavy atom. The van der Waals surface area contributed by atoms with Gasteiger partial charge in [0.1, 0.15) is 9.71 Å². The number of carbonyl (C=O) groups excluding carboxylic acids is 3. The normalized spacial score (nSPS) is 17.2. The molecule has 1 aromatic carbocycles. The van der Waals surface area contributed by atoms with Gasteiger partial charge in [0.25, 0.3) is 5.91 Å². The minimum Gasteiger partial charge on any atom is -0.378 e. The number of piperidine rings is 1. The zero-order valence-electron chi connectivity index (χ0n) is 19.6. The van der Waals surface area contributed by atoms with E-state index in [1.165, 1.54) is 17.4 Å². The molecule has 0 bridgehead atoms. The van der Waals surface area contributed by atoms with E-state index in [9.17, 15) is 14.4 Å². The molecule has 9 nitrogen and oxygen atoms in total. The third-order valence-electron chi connectivity index (χ3n) is 6.30. The van der Waals surface area contributed by atoms with E-state index < -0.39 is 0 Å². The van der Waals surface area contributed by atoms with Crippen LogP contribution < -0.4 is 20.4 Å². The van der Waals surface area contributed by atoms with E-state index in [-0.39, 0.29) is 23.9 Å². The van der Waals surface area contributed by atoms with E-state index in [0.717, 1.165) is 29.6 Å². The number of rotatable bonds is 5. The molecule has 3 aromatic rings. The number of hydrogen-bond donors (Lipinski definition) is 2. The first-order chi connectivity index (χ1) is 16.9. The zero-order valence-corrected chi connectivity index (χ0v) is 20.4. The number of hydrogen-bond acceptors (Lipinski definition) is 6. The van der Waals surface area contributed by atoms with Gasteiger partial charge in [-0.2, -0.15) is 0 Å². The molecule has 1 atom stereocenters. The molecule has 0 saturated carbocycles. The summed E-state index contributed by atoms with van der Waals surface area (Å²) in [7, 11) is 3.89. The predicted molar refractivity (Wildman–Crippen MR) is 139 cm³/mol. The fourth-order valence-corrected chi connectivity index (χ4v) is 5.61. The van der Waals surface area contributed by atoms with Gasteiger partial charge < -0.3 is 20.4 Å². The molecular weight excluding hydrogens is 464 g/mol. The van der Waals surface area contributed by atoms with Crippen molar-refractivity contribution in [3.63, 3.8) is 0 Å². The predicted octanol–water partition coefficient (Wildman–Crippen LogP) is 3.95. The van der Waals surface area contributed by atoms with Crippen LogP contribution in [0.25, 0.3) is 10.2 Å². The smallest absolute Gasteiger partial charge is 0.331 e. The van der Waals surface area contributed by atoms with Gasteiger partial charge in [-0.05, 0) is 43.2 Å². The Morgan fingerprint density at radius 1 is 1.31 bits per heavy atom. The van der Waals surface area contributed by atoms with Crippen molar-refractivity contribution in [3.05, 3.63) is 54.1 Å².